The van der Waals surface area contributed by atoms with Crippen molar-refractivity contribution in [3.8, 4) is 11.5 Å². The molecule has 3 aliphatic carbocycles. The SMILES string of the molecule is CC(=O)Oc1ccc2c(c1OC(C)=O)[C@H]1CC[C@]3(C)C=CC[C@H]3[C@@H]1CC2. The molecular formula is C22H26O4. The highest BCUT2D eigenvalue weighted by molar-refractivity contribution is 5.75. The molecule has 1 aromatic rings. The van der Waals surface area contributed by atoms with Crippen molar-refractivity contribution < 1.29 is 19.1 Å². The van der Waals surface area contributed by atoms with Gasteiger partial charge in [-0.15, -0.1) is 0 Å². The maximum atomic E-state index is 11.8. The van der Waals surface area contributed by atoms with Gasteiger partial charge in [-0.1, -0.05) is 25.1 Å². The average molecular weight is 354 g/mol. The first-order valence-corrected chi connectivity index (χ1v) is 9.59. The smallest absolute Gasteiger partial charge is 0.308 e. The predicted octanol–water partition coefficient (Wildman–Crippen LogP) is 4.56. The van der Waals surface area contributed by atoms with Crippen LogP contribution in [0.15, 0.2) is 24.3 Å². The van der Waals surface area contributed by atoms with Crippen molar-refractivity contribution in [2.24, 2.45) is 17.3 Å². The van der Waals surface area contributed by atoms with Gasteiger partial charge in [0.1, 0.15) is 0 Å². The Labute approximate surface area is 154 Å². The number of fused-ring (bicyclic) bond motifs is 5. The van der Waals surface area contributed by atoms with Crippen LogP contribution in [0.4, 0.5) is 0 Å². The van der Waals surface area contributed by atoms with Crippen LogP contribution < -0.4 is 9.47 Å². The molecule has 4 heteroatoms. The molecule has 0 N–H and O–H groups in total. The van der Waals surface area contributed by atoms with Crippen molar-refractivity contribution in [2.75, 3.05) is 0 Å². The minimum atomic E-state index is -0.401. The van der Waals surface area contributed by atoms with Gasteiger partial charge in [0.05, 0.1) is 0 Å². The Morgan fingerprint density at radius 2 is 1.88 bits per heavy atom. The van der Waals surface area contributed by atoms with Gasteiger partial charge in [-0.2, -0.15) is 0 Å². The number of ether oxygens (including phenoxy) is 2. The van der Waals surface area contributed by atoms with E-state index in [-0.39, 0.29) is 5.97 Å². The van der Waals surface area contributed by atoms with Crippen molar-refractivity contribution in [3.63, 3.8) is 0 Å². The van der Waals surface area contributed by atoms with Crippen LogP contribution in [0.3, 0.4) is 0 Å². The number of hydrogen-bond acceptors (Lipinski definition) is 4. The third-order valence-corrected chi connectivity index (χ3v) is 6.63. The van der Waals surface area contributed by atoms with Gasteiger partial charge in [-0.3, -0.25) is 9.59 Å². The molecule has 4 atom stereocenters. The Kier molecular flexibility index (Phi) is 4.17. The van der Waals surface area contributed by atoms with Gasteiger partial charge in [0.2, 0.25) is 0 Å². The molecule has 0 amide bonds. The highest BCUT2D eigenvalue weighted by atomic mass is 16.6. The molecule has 0 radical (unpaired) electrons. The Morgan fingerprint density at radius 3 is 2.62 bits per heavy atom. The Bertz CT molecular complexity index is 794. The summed E-state index contributed by atoms with van der Waals surface area (Å²) in [6.07, 6.45) is 10.3. The monoisotopic (exact) mass is 354 g/mol. The fraction of sp³-hybridized carbons (Fsp3) is 0.545. The van der Waals surface area contributed by atoms with E-state index in [0.29, 0.717) is 34.7 Å². The molecule has 3 aliphatic rings. The molecule has 1 fully saturated rings. The second-order valence-corrected chi connectivity index (χ2v) is 8.25. The largest absolute Gasteiger partial charge is 0.423 e. The van der Waals surface area contributed by atoms with Crippen LogP contribution in [0.1, 0.15) is 63.5 Å². The molecular weight excluding hydrogens is 328 g/mol. The number of carbonyl (C=O) groups excluding carboxylic acids is 2. The Balaban J connectivity index is 1.79. The first kappa shape index (κ1) is 17.3. The molecule has 0 saturated heterocycles. The number of esters is 2. The summed E-state index contributed by atoms with van der Waals surface area (Å²) >= 11 is 0. The van der Waals surface area contributed by atoms with Gasteiger partial charge in [-0.25, -0.2) is 0 Å². The summed E-state index contributed by atoms with van der Waals surface area (Å²) in [6.45, 7) is 5.15. The number of benzene rings is 1. The van der Waals surface area contributed by atoms with Crippen LogP contribution in [-0.4, -0.2) is 11.9 Å². The molecule has 0 aromatic heterocycles. The van der Waals surface area contributed by atoms with Crippen LogP contribution in [-0.2, 0) is 16.0 Å². The number of hydrogen-bond donors (Lipinski definition) is 0. The zero-order chi connectivity index (χ0) is 18.5. The van der Waals surface area contributed by atoms with Gasteiger partial charge < -0.3 is 9.47 Å². The summed E-state index contributed by atoms with van der Waals surface area (Å²) in [5, 5.41) is 0. The second kappa shape index (κ2) is 6.26. The summed E-state index contributed by atoms with van der Waals surface area (Å²) in [6, 6.07) is 3.81. The highest BCUT2D eigenvalue weighted by Gasteiger charge is 2.49. The molecule has 4 rings (SSSR count). The molecule has 0 aliphatic heterocycles. The third kappa shape index (κ3) is 2.76. The first-order chi connectivity index (χ1) is 12.4. The van der Waals surface area contributed by atoms with E-state index in [9.17, 15) is 9.59 Å². The fourth-order valence-corrected chi connectivity index (χ4v) is 5.58. The molecule has 4 nitrogen and oxygen atoms in total. The first-order valence-electron chi connectivity index (χ1n) is 9.59. The van der Waals surface area contributed by atoms with Gasteiger partial charge in [0.25, 0.3) is 0 Å². The third-order valence-electron chi connectivity index (χ3n) is 6.63. The summed E-state index contributed by atoms with van der Waals surface area (Å²) < 4.78 is 11.0. The van der Waals surface area contributed by atoms with E-state index in [0.717, 1.165) is 31.2 Å². The summed E-state index contributed by atoms with van der Waals surface area (Å²) in [5.74, 6) is 1.65. The van der Waals surface area contributed by atoms with Gasteiger partial charge in [0.15, 0.2) is 11.5 Å². The van der Waals surface area contributed by atoms with Crippen molar-refractivity contribution in [2.45, 2.75) is 58.8 Å². The van der Waals surface area contributed by atoms with Gasteiger partial charge in [0, 0.05) is 19.4 Å². The Morgan fingerprint density at radius 1 is 1.12 bits per heavy atom. The van der Waals surface area contributed by atoms with Crippen molar-refractivity contribution in [1.29, 1.82) is 0 Å². The summed E-state index contributed by atoms with van der Waals surface area (Å²) in [5.41, 5.74) is 2.63. The molecule has 0 spiro atoms. The van der Waals surface area contributed by atoms with E-state index >= 15 is 0 Å². The van der Waals surface area contributed by atoms with Crippen LogP contribution in [0.5, 0.6) is 11.5 Å². The second-order valence-electron chi connectivity index (χ2n) is 8.25. The number of aryl methyl sites for hydroxylation is 1. The lowest BCUT2D eigenvalue weighted by atomic mass is 9.55. The normalized spacial score (nSPS) is 31.6. The Hall–Kier alpha value is -2.10. The number of rotatable bonds is 2. The molecule has 0 heterocycles. The van der Waals surface area contributed by atoms with E-state index in [2.05, 4.69) is 19.1 Å². The highest BCUT2D eigenvalue weighted by Crippen LogP contribution is 2.60. The van der Waals surface area contributed by atoms with E-state index in [1.807, 2.05) is 6.07 Å². The number of allylic oxidation sites excluding steroid dienone is 2. The summed E-state index contributed by atoms with van der Waals surface area (Å²) in [7, 11) is 0. The van der Waals surface area contributed by atoms with Crippen molar-refractivity contribution >= 4 is 11.9 Å². The molecule has 1 saturated carbocycles. The van der Waals surface area contributed by atoms with Crippen LogP contribution in [0.25, 0.3) is 0 Å². The number of carbonyl (C=O) groups is 2. The van der Waals surface area contributed by atoms with Crippen molar-refractivity contribution in [1.82, 2.24) is 0 Å². The van der Waals surface area contributed by atoms with Crippen LogP contribution >= 0.6 is 0 Å². The maximum absolute atomic E-state index is 11.8. The molecule has 1 aromatic carbocycles. The zero-order valence-electron chi connectivity index (χ0n) is 15.7. The predicted molar refractivity (Wildman–Crippen MR) is 98.2 cm³/mol. The minimum absolute atomic E-state index is 0.299. The van der Waals surface area contributed by atoms with Crippen LogP contribution in [0, 0.1) is 17.3 Å². The molecule has 26 heavy (non-hydrogen) atoms. The lowest BCUT2D eigenvalue weighted by Gasteiger charge is -2.49. The lowest BCUT2D eigenvalue weighted by molar-refractivity contribution is -0.134. The minimum Gasteiger partial charge on any atom is -0.423 e. The molecule has 0 unspecified atom stereocenters. The van der Waals surface area contributed by atoms with Gasteiger partial charge in [-0.05, 0) is 66.9 Å². The van der Waals surface area contributed by atoms with Gasteiger partial charge >= 0.3 is 11.9 Å². The standard InChI is InChI=1S/C22H26O4/c1-13(23)25-19-9-7-15-6-8-16-17(20(15)21(19)26-14(2)24)10-12-22(3)11-4-5-18(16)22/h4,7,9,11,16-18H,5-6,8,10,12H2,1-3H3/t16-,17+,18+,22+/m1/s1. The molecule has 0 bridgehead atoms. The maximum Gasteiger partial charge on any atom is 0.308 e. The van der Waals surface area contributed by atoms with Crippen molar-refractivity contribution in [3.05, 3.63) is 35.4 Å². The van der Waals surface area contributed by atoms with E-state index in [1.54, 1.807) is 6.07 Å². The quantitative estimate of drug-likeness (QED) is 0.444. The zero-order valence-corrected chi connectivity index (χ0v) is 15.7. The van der Waals surface area contributed by atoms with E-state index < -0.39 is 5.97 Å². The fourth-order valence-electron chi connectivity index (χ4n) is 5.58. The van der Waals surface area contributed by atoms with E-state index in [1.165, 1.54) is 25.8 Å². The van der Waals surface area contributed by atoms with Crippen LogP contribution in [0.2, 0.25) is 0 Å². The molecule has 138 valence electrons. The summed E-state index contributed by atoms with van der Waals surface area (Å²) in [4.78, 5) is 23.3. The lowest BCUT2D eigenvalue weighted by Crippen LogP contribution is -2.39. The topological polar surface area (TPSA) is 52.6 Å². The average Bonchev–Trinajstić information content (AvgIpc) is 2.97. The van der Waals surface area contributed by atoms with E-state index in [4.69, 9.17) is 9.47 Å².